The van der Waals surface area contributed by atoms with Crippen LogP contribution in [0.25, 0.3) is 0 Å². The molecule has 2 N–H and O–H groups in total. The fraction of sp³-hybridized carbons (Fsp3) is 0.421. The Morgan fingerprint density at radius 3 is 2.81 bits per heavy atom. The predicted octanol–water partition coefficient (Wildman–Crippen LogP) is 2.23. The van der Waals surface area contributed by atoms with E-state index in [0.29, 0.717) is 17.8 Å². The second-order valence-corrected chi connectivity index (χ2v) is 10.4. The van der Waals surface area contributed by atoms with Crippen LogP contribution in [-0.4, -0.2) is 42.9 Å². The summed E-state index contributed by atoms with van der Waals surface area (Å²) in [5.41, 5.74) is 3.62. The molecule has 0 spiro atoms. The van der Waals surface area contributed by atoms with Crippen LogP contribution in [0.5, 0.6) is 0 Å². The number of carbonyl (C=O) groups is 1. The third-order valence-corrected chi connectivity index (χ3v) is 8.62. The second kappa shape index (κ2) is 7.01. The molecule has 6 nitrogen and oxygen atoms in total. The number of hydrogen-bond acceptors (Lipinski definition) is 5. The van der Waals surface area contributed by atoms with Crippen molar-refractivity contribution in [3.8, 4) is 0 Å². The van der Waals surface area contributed by atoms with E-state index >= 15 is 0 Å². The van der Waals surface area contributed by atoms with Crippen LogP contribution >= 0.6 is 11.3 Å². The SMILES string of the molecule is Cc1ccc2c(c1)CC[C@H]2NC(=O)c1ccc(S(=O)(=O)N2CC[C@H](O)C2)s1. The molecule has 0 unspecified atom stereocenters. The third kappa shape index (κ3) is 3.54. The summed E-state index contributed by atoms with van der Waals surface area (Å²) in [6.07, 6.45) is 1.61. The smallest absolute Gasteiger partial charge is 0.261 e. The summed E-state index contributed by atoms with van der Waals surface area (Å²) in [6.45, 7) is 2.47. The molecule has 1 amide bonds. The maximum Gasteiger partial charge on any atom is 0.261 e. The zero-order valence-corrected chi connectivity index (χ0v) is 16.6. The second-order valence-electron chi connectivity index (χ2n) is 7.19. The van der Waals surface area contributed by atoms with E-state index in [1.165, 1.54) is 21.5 Å². The summed E-state index contributed by atoms with van der Waals surface area (Å²) in [5, 5.41) is 12.6. The molecular weight excluding hydrogens is 384 g/mol. The lowest BCUT2D eigenvalue weighted by Gasteiger charge is -2.14. The molecule has 144 valence electrons. The van der Waals surface area contributed by atoms with E-state index in [9.17, 15) is 18.3 Å². The van der Waals surface area contributed by atoms with Gasteiger partial charge in [0.2, 0.25) is 0 Å². The zero-order chi connectivity index (χ0) is 19.2. The van der Waals surface area contributed by atoms with Crippen LogP contribution < -0.4 is 5.32 Å². The number of carbonyl (C=O) groups excluding carboxylic acids is 1. The number of aliphatic hydroxyl groups excluding tert-OH is 1. The molecule has 27 heavy (non-hydrogen) atoms. The van der Waals surface area contributed by atoms with Crippen molar-refractivity contribution in [1.82, 2.24) is 9.62 Å². The molecule has 1 fully saturated rings. The number of nitrogens with zero attached hydrogens (tertiary/aromatic N) is 1. The molecule has 1 aromatic heterocycles. The minimum Gasteiger partial charge on any atom is -0.392 e. The third-order valence-electron chi connectivity index (χ3n) is 5.21. The van der Waals surface area contributed by atoms with Crippen molar-refractivity contribution < 1.29 is 18.3 Å². The number of aryl methyl sites for hydroxylation is 2. The van der Waals surface area contributed by atoms with Crippen LogP contribution in [0.1, 0.15) is 45.2 Å². The Morgan fingerprint density at radius 1 is 1.26 bits per heavy atom. The number of thiophene rings is 1. The highest BCUT2D eigenvalue weighted by molar-refractivity contribution is 7.91. The fourth-order valence-corrected chi connectivity index (χ4v) is 6.62. The van der Waals surface area contributed by atoms with E-state index in [4.69, 9.17) is 0 Å². The van der Waals surface area contributed by atoms with Gasteiger partial charge in [0.15, 0.2) is 0 Å². The molecule has 0 bridgehead atoms. The van der Waals surface area contributed by atoms with Crippen molar-refractivity contribution in [2.75, 3.05) is 13.1 Å². The summed E-state index contributed by atoms with van der Waals surface area (Å²) in [4.78, 5) is 13.0. The summed E-state index contributed by atoms with van der Waals surface area (Å²) in [6, 6.07) is 9.26. The van der Waals surface area contributed by atoms with Gasteiger partial charge in [0, 0.05) is 13.1 Å². The lowest BCUT2D eigenvalue weighted by atomic mass is 10.1. The number of fused-ring (bicyclic) bond motifs is 1. The Kier molecular flexibility index (Phi) is 4.84. The first-order chi connectivity index (χ1) is 12.8. The molecule has 2 aromatic rings. The summed E-state index contributed by atoms with van der Waals surface area (Å²) in [5.74, 6) is -0.249. The minimum absolute atomic E-state index is 0.0380. The first-order valence-electron chi connectivity index (χ1n) is 9.03. The Hall–Kier alpha value is -1.74. The van der Waals surface area contributed by atoms with Crippen LogP contribution in [0.3, 0.4) is 0 Å². The lowest BCUT2D eigenvalue weighted by molar-refractivity contribution is 0.0941. The van der Waals surface area contributed by atoms with E-state index < -0.39 is 16.1 Å². The monoisotopic (exact) mass is 406 g/mol. The van der Waals surface area contributed by atoms with Crippen LogP contribution in [0.4, 0.5) is 0 Å². The molecule has 2 atom stereocenters. The van der Waals surface area contributed by atoms with Crippen molar-refractivity contribution in [2.24, 2.45) is 0 Å². The quantitative estimate of drug-likeness (QED) is 0.815. The number of nitrogens with one attached hydrogen (secondary N) is 1. The van der Waals surface area contributed by atoms with E-state index in [1.54, 1.807) is 6.07 Å². The maximum atomic E-state index is 12.6. The number of β-amino-alcohol motifs (C(OH)–C–C–N with tert-alkyl or cyclic N) is 1. The van der Waals surface area contributed by atoms with Gasteiger partial charge >= 0.3 is 0 Å². The van der Waals surface area contributed by atoms with Crippen LogP contribution in [0.15, 0.2) is 34.5 Å². The standard InChI is InChI=1S/C19H22N2O4S2/c1-12-2-4-15-13(10-12)3-5-16(15)20-19(23)17-6-7-18(26-17)27(24,25)21-9-8-14(22)11-21/h2,4,6-7,10,14,16,22H,3,5,8-9,11H2,1H3,(H,20,23)/t14-,16+/m0/s1. The molecule has 1 aliphatic carbocycles. The minimum atomic E-state index is -3.65. The highest BCUT2D eigenvalue weighted by Gasteiger charge is 2.33. The van der Waals surface area contributed by atoms with Gasteiger partial charge in [-0.05, 0) is 49.4 Å². The fourth-order valence-electron chi connectivity index (χ4n) is 3.76. The average Bonchev–Trinajstić information content (AvgIpc) is 3.34. The van der Waals surface area contributed by atoms with E-state index in [-0.39, 0.29) is 22.7 Å². The molecule has 0 saturated carbocycles. The predicted molar refractivity (Wildman–Crippen MR) is 103 cm³/mol. The molecule has 1 saturated heterocycles. The van der Waals surface area contributed by atoms with Crippen molar-refractivity contribution in [2.45, 2.75) is 42.5 Å². The summed E-state index contributed by atoms with van der Waals surface area (Å²) < 4.78 is 26.7. The highest BCUT2D eigenvalue weighted by Crippen LogP contribution is 2.33. The van der Waals surface area contributed by atoms with Gasteiger partial charge in [0.05, 0.1) is 17.0 Å². The van der Waals surface area contributed by atoms with E-state index in [1.807, 2.05) is 6.07 Å². The Bertz CT molecular complexity index is 983. The molecule has 1 aromatic carbocycles. The van der Waals surface area contributed by atoms with Crippen molar-refractivity contribution in [3.05, 3.63) is 51.9 Å². The van der Waals surface area contributed by atoms with E-state index in [0.717, 1.165) is 29.7 Å². The lowest BCUT2D eigenvalue weighted by Crippen LogP contribution is -2.29. The van der Waals surface area contributed by atoms with Gasteiger partial charge in [0.1, 0.15) is 4.21 Å². The van der Waals surface area contributed by atoms with Crippen LogP contribution in [0.2, 0.25) is 0 Å². The number of hydrogen-bond donors (Lipinski definition) is 2. The first kappa shape index (κ1) is 18.6. The van der Waals surface area contributed by atoms with Gasteiger partial charge < -0.3 is 10.4 Å². The number of benzene rings is 1. The number of aliphatic hydroxyl groups is 1. The van der Waals surface area contributed by atoms with Gasteiger partial charge in [-0.3, -0.25) is 4.79 Å². The molecule has 4 rings (SSSR count). The van der Waals surface area contributed by atoms with Gasteiger partial charge in [0.25, 0.3) is 15.9 Å². The summed E-state index contributed by atoms with van der Waals surface area (Å²) >= 11 is 0.980. The normalized spacial score (nSPS) is 22.7. The molecular formula is C19H22N2O4S2. The van der Waals surface area contributed by atoms with Crippen molar-refractivity contribution in [1.29, 1.82) is 0 Å². The number of sulfonamides is 1. The maximum absolute atomic E-state index is 12.6. The number of rotatable bonds is 4. The topological polar surface area (TPSA) is 86.7 Å². The Labute approximate surface area is 162 Å². The van der Waals surface area contributed by atoms with Crippen molar-refractivity contribution in [3.63, 3.8) is 0 Å². The summed E-state index contributed by atoms with van der Waals surface area (Å²) in [7, 11) is -3.65. The van der Waals surface area contributed by atoms with Gasteiger partial charge in [-0.1, -0.05) is 23.8 Å². The first-order valence-corrected chi connectivity index (χ1v) is 11.3. The Balaban J connectivity index is 1.49. The number of amides is 1. The van der Waals surface area contributed by atoms with Crippen molar-refractivity contribution >= 4 is 27.3 Å². The molecule has 8 heteroatoms. The van der Waals surface area contributed by atoms with Crippen LogP contribution in [0, 0.1) is 6.92 Å². The van der Waals surface area contributed by atoms with Crippen LogP contribution in [-0.2, 0) is 16.4 Å². The van der Waals surface area contributed by atoms with Gasteiger partial charge in [-0.25, -0.2) is 8.42 Å². The van der Waals surface area contributed by atoms with E-state index in [2.05, 4.69) is 24.4 Å². The Morgan fingerprint density at radius 2 is 2.07 bits per heavy atom. The zero-order valence-electron chi connectivity index (χ0n) is 15.0. The molecule has 2 heterocycles. The van der Waals surface area contributed by atoms with Gasteiger partial charge in [-0.2, -0.15) is 4.31 Å². The molecule has 2 aliphatic rings. The molecule has 1 aliphatic heterocycles. The van der Waals surface area contributed by atoms with Gasteiger partial charge in [-0.15, -0.1) is 11.3 Å². The highest BCUT2D eigenvalue weighted by atomic mass is 32.2. The molecule has 0 radical (unpaired) electrons. The average molecular weight is 407 g/mol. The largest absolute Gasteiger partial charge is 0.392 e.